The Labute approximate surface area is 105 Å². The van der Waals surface area contributed by atoms with Crippen LogP contribution < -0.4 is 4.74 Å². The van der Waals surface area contributed by atoms with Crippen LogP contribution in [0.25, 0.3) is 11.0 Å². The zero-order valence-corrected chi connectivity index (χ0v) is 10.9. The number of benzene rings is 1. The first-order valence-corrected chi connectivity index (χ1v) is 5.73. The Morgan fingerprint density at radius 2 is 2.11 bits per heavy atom. The number of ether oxygens (including phenoxy) is 2. The van der Waals surface area contributed by atoms with Crippen molar-refractivity contribution in [3.8, 4) is 5.75 Å². The number of aromatic nitrogens is 2. The van der Waals surface area contributed by atoms with Gasteiger partial charge in [-0.05, 0) is 26.0 Å². The summed E-state index contributed by atoms with van der Waals surface area (Å²) in [5, 5.41) is 0. The summed E-state index contributed by atoms with van der Waals surface area (Å²) in [6.07, 6.45) is 1.54. The predicted octanol–water partition coefficient (Wildman–Crippen LogP) is 2.15. The molecule has 0 spiro atoms. The number of methoxy groups -OCH3 is 1. The Morgan fingerprint density at radius 1 is 1.39 bits per heavy atom. The zero-order chi connectivity index (χ0) is 13.3. The second kappa shape index (κ2) is 4.68. The number of carbonyl (C=O) groups is 1. The molecule has 96 valence electrons. The third-order valence-corrected chi connectivity index (χ3v) is 2.58. The Hall–Kier alpha value is -2.04. The van der Waals surface area contributed by atoms with Crippen molar-refractivity contribution in [3.63, 3.8) is 0 Å². The summed E-state index contributed by atoms with van der Waals surface area (Å²) in [4.78, 5) is 16.1. The fourth-order valence-electron chi connectivity index (χ4n) is 1.81. The molecular formula is C13H16N2O3. The van der Waals surface area contributed by atoms with Crippen LogP contribution in [-0.2, 0) is 11.8 Å². The monoisotopic (exact) mass is 248 g/mol. The van der Waals surface area contributed by atoms with Gasteiger partial charge in [-0.2, -0.15) is 0 Å². The van der Waals surface area contributed by atoms with Crippen LogP contribution in [0.1, 0.15) is 24.2 Å². The molecule has 0 atom stereocenters. The van der Waals surface area contributed by atoms with Gasteiger partial charge in [0.05, 0.1) is 30.6 Å². The third kappa shape index (κ3) is 2.16. The topological polar surface area (TPSA) is 53.4 Å². The second-order valence-electron chi connectivity index (χ2n) is 4.36. The summed E-state index contributed by atoms with van der Waals surface area (Å²) >= 11 is 0. The lowest BCUT2D eigenvalue weighted by Gasteiger charge is -2.10. The Kier molecular flexibility index (Phi) is 3.23. The number of aryl methyl sites for hydroxylation is 1. The molecule has 0 saturated carbocycles. The molecule has 0 bridgehead atoms. The van der Waals surface area contributed by atoms with E-state index in [0.717, 1.165) is 5.52 Å². The maximum Gasteiger partial charge on any atom is 0.338 e. The molecule has 2 aromatic rings. The molecule has 1 aromatic carbocycles. The molecule has 0 saturated heterocycles. The SMILES string of the molecule is COc1cc(C(=O)OC(C)C)cc2ncn(C)c12. The minimum atomic E-state index is -0.365. The van der Waals surface area contributed by atoms with Gasteiger partial charge in [0.25, 0.3) is 0 Å². The molecule has 0 aliphatic carbocycles. The average Bonchev–Trinajstić information content (AvgIpc) is 2.69. The Balaban J connectivity index is 2.51. The number of rotatable bonds is 3. The molecule has 2 rings (SSSR count). The van der Waals surface area contributed by atoms with E-state index < -0.39 is 0 Å². The van der Waals surface area contributed by atoms with E-state index in [1.807, 2.05) is 25.5 Å². The fourth-order valence-corrected chi connectivity index (χ4v) is 1.81. The van der Waals surface area contributed by atoms with Crippen molar-refractivity contribution in [3.05, 3.63) is 24.0 Å². The molecule has 0 fully saturated rings. The maximum absolute atomic E-state index is 11.9. The first-order valence-electron chi connectivity index (χ1n) is 5.73. The first-order chi connectivity index (χ1) is 8.52. The molecule has 0 aliphatic heterocycles. The number of nitrogens with zero attached hydrogens (tertiary/aromatic N) is 2. The van der Waals surface area contributed by atoms with E-state index in [2.05, 4.69) is 4.98 Å². The molecule has 1 aromatic heterocycles. The standard InChI is InChI=1S/C13H16N2O3/c1-8(2)18-13(16)9-5-10-12(11(6-9)17-4)15(3)7-14-10/h5-8H,1-4H3. The largest absolute Gasteiger partial charge is 0.494 e. The van der Waals surface area contributed by atoms with Crippen molar-refractivity contribution in [1.29, 1.82) is 0 Å². The van der Waals surface area contributed by atoms with Gasteiger partial charge in [0.2, 0.25) is 0 Å². The summed E-state index contributed by atoms with van der Waals surface area (Å²) in [6, 6.07) is 3.39. The van der Waals surface area contributed by atoms with Gasteiger partial charge in [-0.15, -0.1) is 0 Å². The highest BCUT2D eigenvalue weighted by Gasteiger charge is 2.15. The smallest absolute Gasteiger partial charge is 0.338 e. The van der Waals surface area contributed by atoms with Gasteiger partial charge in [0, 0.05) is 7.05 Å². The molecule has 0 amide bonds. The van der Waals surface area contributed by atoms with Crippen LogP contribution in [0.5, 0.6) is 5.75 Å². The molecule has 5 nitrogen and oxygen atoms in total. The number of esters is 1. The van der Waals surface area contributed by atoms with Gasteiger partial charge < -0.3 is 14.0 Å². The van der Waals surface area contributed by atoms with Crippen LogP contribution in [0.4, 0.5) is 0 Å². The van der Waals surface area contributed by atoms with Crippen LogP contribution in [0.3, 0.4) is 0 Å². The lowest BCUT2D eigenvalue weighted by atomic mass is 10.2. The van der Waals surface area contributed by atoms with Crippen LogP contribution >= 0.6 is 0 Å². The van der Waals surface area contributed by atoms with Crippen LogP contribution in [0, 0.1) is 0 Å². The highest BCUT2D eigenvalue weighted by molar-refractivity contribution is 5.96. The maximum atomic E-state index is 11.9. The van der Waals surface area contributed by atoms with Crippen molar-refractivity contribution in [2.45, 2.75) is 20.0 Å². The lowest BCUT2D eigenvalue weighted by molar-refractivity contribution is 0.0377. The van der Waals surface area contributed by atoms with Gasteiger partial charge in [0.15, 0.2) is 0 Å². The number of hydrogen-bond donors (Lipinski definition) is 0. The van der Waals surface area contributed by atoms with Crippen molar-refractivity contribution in [2.75, 3.05) is 7.11 Å². The first kappa shape index (κ1) is 12.4. The molecule has 0 N–H and O–H groups in total. The van der Waals surface area contributed by atoms with E-state index in [-0.39, 0.29) is 12.1 Å². The minimum Gasteiger partial charge on any atom is -0.494 e. The molecule has 5 heteroatoms. The number of carbonyl (C=O) groups excluding carboxylic acids is 1. The average molecular weight is 248 g/mol. The van der Waals surface area contributed by atoms with E-state index >= 15 is 0 Å². The quantitative estimate of drug-likeness (QED) is 0.781. The van der Waals surface area contributed by atoms with Crippen molar-refractivity contribution in [1.82, 2.24) is 9.55 Å². The number of fused-ring (bicyclic) bond motifs is 1. The summed E-state index contributed by atoms with van der Waals surface area (Å²) in [6.45, 7) is 3.63. The molecular weight excluding hydrogens is 232 g/mol. The Bertz CT molecular complexity index is 587. The van der Waals surface area contributed by atoms with Gasteiger partial charge in [0.1, 0.15) is 11.3 Å². The molecule has 1 heterocycles. The lowest BCUT2D eigenvalue weighted by Crippen LogP contribution is -2.11. The van der Waals surface area contributed by atoms with E-state index in [4.69, 9.17) is 9.47 Å². The second-order valence-corrected chi connectivity index (χ2v) is 4.36. The molecule has 18 heavy (non-hydrogen) atoms. The number of imidazole rings is 1. The van der Waals surface area contributed by atoms with Crippen LogP contribution in [0.2, 0.25) is 0 Å². The van der Waals surface area contributed by atoms with E-state index in [1.54, 1.807) is 25.6 Å². The predicted molar refractivity (Wildman–Crippen MR) is 67.8 cm³/mol. The van der Waals surface area contributed by atoms with Gasteiger partial charge in [-0.1, -0.05) is 0 Å². The summed E-state index contributed by atoms with van der Waals surface area (Å²) in [7, 11) is 3.45. The van der Waals surface area contributed by atoms with E-state index in [1.165, 1.54) is 0 Å². The summed E-state index contributed by atoms with van der Waals surface area (Å²) < 4.78 is 12.3. The fraction of sp³-hybridized carbons (Fsp3) is 0.385. The minimum absolute atomic E-state index is 0.150. The highest BCUT2D eigenvalue weighted by Crippen LogP contribution is 2.26. The summed E-state index contributed by atoms with van der Waals surface area (Å²) in [5.74, 6) is 0.249. The van der Waals surface area contributed by atoms with Crippen LogP contribution in [-0.4, -0.2) is 28.7 Å². The normalized spacial score (nSPS) is 10.9. The van der Waals surface area contributed by atoms with Crippen molar-refractivity contribution < 1.29 is 14.3 Å². The zero-order valence-electron chi connectivity index (χ0n) is 10.9. The third-order valence-electron chi connectivity index (χ3n) is 2.58. The van der Waals surface area contributed by atoms with Gasteiger partial charge in [-0.25, -0.2) is 9.78 Å². The van der Waals surface area contributed by atoms with E-state index in [0.29, 0.717) is 16.8 Å². The van der Waals surface area contributed by atoms with E-state index in [9.17, 15) is 4.79 Å². The Morgan fingerprint density at radius 3 is 2.72 bits per heavy atom. The molecule has 0 aliphatic rings. The van der Waals surface area contributed by atoms with Crippen molar-refractivity contribution >= 4 is 17.0 Å². The molecule has 0 unspecified atom stereocenters. The molecule has 0 radical (unpaired) electrons. The van der Waals surface area contributed by atoms with Gasteiger partial charge >= 0.3 is 5.97 Å². The van der Waals surface area contributed by atoms with Crippen molar-refractivity contribution in [2.24, 2.45) is 7.05 Å². The van der Waals surface area contributed by atoms with Crippen LogP contribution in [0.15, 0.2) is 18.5 Å². The number of hydrogen-bond acceptors (Lipinski definition) is 4. The highest BCUT2D eigenvalue weighted by atomic mass is 16.5. The van der Waals surface area contributed by atoms with Gasteiger partial charge in [-0.3, -0.25) is 0 Å². The summed E-state index contributed by atoms with van der Waals surface area (Å²) in [5.41, 5.74) is 2.03.